The number of carbonyl (C=O) groups excluding carboxylic acids is 2. The largest absolute Gasteiger partial charge is 0.339 e. The summed E-state index contributed by atoms with van der Waals surface area (Å²) in [5.74, 6) is 0.192. The normalized spacial score (nSPS) is 15.3. The molecule has 2 aromatic carbocycles. The zero-order valence-corrected chi connectivity index (χ0v) is 19.1. The van der Waals surface area contributed by atoms with Crippen LogP contribution in [-0.4, -0.2) is 61.2 Å². The molecule has 0 N–H and O–H groups in total. The first-order chi connectivity index (χ1) is 13.8. The van der Waals surface area contributed by atoms with Gasteiger partial charge in [-0.25, -0.2) is 8.42 Å². The predicted molar refractivity (Wildman–Crippen MR) is 117 cm³/mol. The van der Waals surface area contributed by atoms with Gasteiger partial charge < -0.3 is 4.90 Å². The highest BCUT2D eigenvalue weighted by molar-refractivity contribution is 9.10. The van der Waals surface area contributed by atoms with Gasteiger partial charge in [0.15, 0.2) is 5.78 Å². The summed E-state index contributed by atoms with van der Waals surface area (Å²) in [5.41, 5.74) is 0.474. The van der Waals surface area contributed by atoms with Gasteiger partial charge in [0.05, 0.1) is 10.6 Å². The smallest absolute Gasteiger partial charge is 0.243 e. The summed E-state index contributed by atoms with van der Waals surface area (Å²) in [4.78, 5) is 26.7. The maximum Gasteiger partial charge on any atom is 0.243 e. The predicted octanol–water partition coefficient (Wildman–Crippen LogP) is 3.28. The van der Waals surface area contributed by atoms with E-state index in [0.29, 0.717) is 24.4 Å². The second kappa shape index (κ2) is 9.42. The van der Waals surface area contributed by atoms with Gasteiger partial charge in [0.2, 0.25) is 15.9 Å². The van der Waals surface area contributed by atoms with E-state index in [1.807, 2.05) is 24.3 Å². The van der Waals surface area contributed by atoms with Crippen molar-refractivity contribution in [3.8, 4) is 0 Å². The molecule has 1 amide bonds. The van der Waals surface area contributed by atoms with Gasteiger partial charge in [-0.05, 0) is 47.1 Å². The monoisotopic (exact) mass is 496 g/mol. The molecule has 1 fully saturated rings. The van der Waals surface area contributed by atoms with Crippen LogP contribution >= 0.6 is 27.7 Å². The summed E-state index contributed by atoms with van der Waals surface area (Å²) in [6.45, 7) is 2.67. The Morgan fingerprint density at radius 2 is 1.62 bits per heavy atom. The van der Waals surface area contributed by atoms with E-state index in [0.717, 1.165) is 9.37 Å². The molecule has 0 bridgehead atoms. The number of carbonyl (C=O) groups is 2. The van der Waals surface area contributed by atoms with Crippen molar-refractivity contribution < 1.29 is 18.0 Å². The molecule has 0 atom stereocenters. The van der Waals surface area contributed by atoms with E-state index in [9.17, 15) is 18.0 Å². The summed E-state index contributed by atoms with van der Waals surface area (Å²) >= 11 is 4.93. The Bertz CT molecular complexity index is 1000. The molecule has 1 heterocycles. The van der Waals surface area contributed by atoms with Gasteiger partial charge in [-0.3, -0.25) is 9.59 Å². The number of thioether (sulfide) groups is 1. The van der Waals surface area contributed by atoms with Gasteiger partial charge in [-0.2, -0.15) is 4.31 Å². The number of nitrogens with zero attached hydrogens (tertiary/aromatic N) is 2. The van der Waals surface area contributed by atoms with E-state index in [1.54, 1.807) is 4.90 Å². The van der Waals surface area contributed by atoms with Gasteiger partial charge in [0.1, 0.15) is 0 Å². The highest BCUT2D eigenvalue weighted by Gasteiger charge is 2.30. The van der Waals surface area contributed by atoms with Crippen LogP contribution in [0.4, 0.5) is 0 Å². The maximum absolute atomic E-state index is 12.8. The van der Waals surface area contributed by atoms with Crippen molar-refractivity contribution in [3.63, 3.8) is 0 Å². The van der Waals surface area contributed by atoms with Gasteiger partial charge in [0.25, 0.3) is 0 Å². The molecule has 0 aliphatic carbocycles. The highest BCUT2D eigenvalue weighted by atomic mass is 79.9. The molecule has 0 radical (unpaired) electrons. The number of piperazine rings is 1. The first-order valence-corrected chi connectivity index (χ1v) is 12.3. The van der Waals surface area contributed by atoms with E-state index in [-0.39, 0.29) is 29.7 Å². The Hall–Kier alpha value is -1.68. The molecule has 1 aliphatic heterocycles. The van der Waals surface area contributed by atoms with E-state index < -0.39 is 10.0 Å². The van der Waals surface area contributed by atoms with Crippen molar-refractivity contribution in [3.05, 3.63) is 58.6 Å². The Kier molecular flexibility index (Phi) is 7.15. The van der Waals surface area contributed by atoms with Crippen LogP contribution in [0.3, 0.4) is 0 Å². The number of rotatable bonds is 6. The van der Waals surface area contributed by atoms with E-state index in [2.05, 4.69) is 15.9 Å². The lowest BCUT2D eigenvalue weighted by Crippen LogP contribution is -2.50. The third-order valence-electron chi connectivity index (χ3n) is 4.68. The number of hydrogen-bond donors (Lipinski definition) is 0. The van der Waals surface area contributed by atoms with Crippen molar-refractivity contribution in [2.24, 2.45) is 0 Å². The van der Waals surface area contributed by atoms with Gasteiger partial charge >= 0.3 is 0 Å². The molecule has 29 heavy (non-hydrogen) atoms. The molecule has 0 unspecified atom stereocenters. The fourth-order valence-corrected chi connectivity index (χ4v) is 5.87. The van der Waals surface area contributed by atoms with Crippen molar-refractivity contribution in [2.75, 3.05) is 31.9 Å². The standard InChI is InChI=1S/C20H21BrN2O4S2/c1-15(24)16-6-8-17(9-7-16)29(26,27)23-12-10-22(11-13-23)20(25)14-28-19-5-3-2-4-18(19)21/h2-9H,10-14H2,1H3. The van der Waals surface area contributed by atoms with E-state index in [4.69, 9.17) is 0 Å². The number of amides is 1. The minimum absolute atomic E-state index is 0.00591. The second-order valence-electron chi connectivity index (χ2n) is 6.58. The fourth-order valence-electron chi connectivity index (χ4n) is 2.98. The number of Topliss-reactive ketones (excluding diaryl/α,β-unsaturated/α-hetero) is 1. The quantitative estimate of drug-likeness (QED) is 0.453. The summed E-state index contributed by atoms with van der Waals surface area (Å²) in [7, 11) is -3.64. The summed E-state index contributed by atoms with van der Waals surface area (Å²) in [6, 6.07) is 13.7. The lowest BCUT2D eigenvalue weighted by Gasteiger charge is -2.34. The van der Waals surface area contributed by atoms with Gasteiger partial charge in [0, 0.05) is 41.1 Å². The van der Waals surface area contributed by atoms with Crippen LogP contribution < -0.4 is 0 Å². The summed E-state index contributed by atoms with van der Waals surface area (Å²) < 4.78 is 28.0. The first kappa shape index (κ1) is 22.0. The molecule has 0 spiro atoms. The molecule has 1 aliphatic rings. The van der Waals surface area contributed by atoms with Crippen LogP contribution in [0.25, 0.3) is 0 Å². The molecule has 1 saturated heterocycles. The van der Waals surface area contributed by atoms with Crippen LogP contribution in [0, 0.1) is 0 Å². The number of ketones is 1. The van der Waals surface area contributed by atoms with E-state index >= 15 is 0 Å². The zero-order chi connectivity index (χ0) is 21.0. The fraction of sp³-hybridized carbons (Fsp3) is 0.300. The molecular formula is C20H21BrN2O4S2. The molecule has 9 heteroatoms. The second-order valence-corrected chi connectivity index (χ2v) is 10.4. The molecule has 2 aromatic rings. The minimum Gasteiger partial charge on any atom is -0.339 e. The van der Waals surface area contributed by atoms with Crippen LogP contribution in [0.15, 0.2) is 62.8 Å². The van der Waals surface area contributed by atoms with Crippen LogP contribution in [0.1, 0.15) is 17.3 Å². The van der Waals surface area contributed by atoms with Crippen LogP contribution in [0.5, 0.6) is 0 Å². The lowest BCUT2D eigenvalue weighted by atomic mass is 10.2. The third kappa shape index (κ3) is 5.28. The minimum atomic E-state index is -3.64. The number of halogens is 1. The highest BCUT2D eigenvalue weighted by Crippen LogP contribution is 2.27. The van der Waals surface area contributed by atoms with Crippen molar-refractivity contribution in [1.29, 1.82) is 0 Å². The zero-order valence-electron chi connectivity index (χ0n) is 15.9. The van der Waals surface area contributed by atoms with Crippen molar-refractivity contribution in [2.45, 2.75) is 16.7 Å². The lowest BCUT2D eigenvalue weighted by molar-refractivity contribution is -0.129. The van der Waals surface area contributed by atoms with Crippen molar-refractivity contribution >= 4 is 49.4 Å². The Morgan fingerprint density at radius 3 is 2.21 bits per heavy atom. The molecular weight excluding hydrogens is 476 g/mol. The molecule has 154 valence electrons. The van der Waals surface area contributed by atoms with Gasteiger partial charge in [-0.15, -0.1) is 11.8 Å². The summed E-state index contributed by atoms with van der Waals surface area (Å²) in [6.07, 6.45) is 0. The molecule has 0 aromatic heterocycles. The van der Waals surface area contributed by atoms with Crippen LogP contribution in [-0.2, 0) is 14.8 Å². The Morgan fingerprint density at radius 1 is 1.00 bits per heavy atom. The van der Waals surface area contributed by atoms with Crippen molar-refractivity contribution in [1.82, 2.24) is 9.21 Å². The summed E-state index contributed by atoms with van der Waals surface area (Å²) in [5, 5.41) is 0. The Balaban J connectivity index is 1.57. The van der Waals surface area contributed by atoms with Crippen LogP contribution in [0.2, 0.25) is 0 Å². The average Bonchev–Trinajstić information content (AvgIpc) is 2.73. The SMILES string of the molecule is CC(=O)c1ccc(S(=O)(=O)N2CCN(C(=O)CSc3ccccc3Br)CC2)cc1. The third-order valence-corrected chi connectivity index (χ3v) is 8.60. The number of benzene rings is 2. The Labute approximate surface area is 183 Å². The number of hydrogen-bond acceptors (Lipinski definition) is 5. The number of sulfonamides is 1. The topological polar surface area (TPSA) is 74.8 Å². The molecule has 6 nitrogen and oxygen atoms in total. The maximum atomic E-state index is 12.8. The van der Waals surface area contributed by atoms with E-state index in [1.165, 1.54) is 47.3 Å². The first-order valence-electron chi connectivity index (χ1n) is 9.05. The molecule has 0 saturated carbocycles. The average molecular weight is 497 g/mol. The van der Waals surface area contributed by atoms with Gasteiger partial charge in [-0.1, -0.05) is 24.3 Å². The molecule has 3 rings (SSSR count).